The van der Waals surface area contributed by atoms with E-state index in [1.54, 1.807) is 18.2 Å². The summed E-state index contributed by atoms with van der Waals surface area (Å²) in [5.74, 6) is 0.529. The number of rotatable bonds is 5. The standard InChI is InChI=1S/C15H21ClN2O3/c1-10(2)21-14-4-3-11(7-13(14)16)18-15(19)8-12-9-17-5-6-20-12/h3-4,7,10,12,17H,5-6,8-9H2,1-2H3,(H,18,19)/t12-/m0/s1. The molecule has 1 aliphatic rings. The van der Waals surface area contributed by atoms with Gasteiger partial charge in [0.1, 0.15) is 5.75 Å². The number of amides is 1. The number of ether oxygens (including phenoxy) is 2. The maximum atomic E-state index is 12.0. The third-order valence-electron chi connectivity index (χ3n) is 3.00. The van der Waals surface area contributed by atoms with Crippen molar-refractivity contribution in [1.29, 1.82) is 0 Å². The summed E-state index contributed by atoms with van der Waals surface area (Å²) >= 11 is 6.14. The molecule has 5 nitrogen and oxygen atoms in total. The van der Waals surface area contributed by atoms with Crippen LogP contribution in [0.4, 0.5) is 5.69 Å². The second-order valence-electron chi connectivity index (χ2n) is 5.26. The molecular formula is C15H21ClN2O3. The Balaban J connectivity index is 1.89. The normalized spacial score (nSPS) is 18.6. The summed E-state index contributed by atoms with van der Waals surface area (Å²) < 4.78 is 11.1. The summed E-state index contributed by atoms with van der Waals surface area (Å²) in [6.07, 6.45) is 0.311. The van der Waals surface area contributed by atoms with Gasteiger partial charge in [-0.15, -0.1) is 0 Å². The molecule has 6 heteroatoms. The molecule has 0 aromatic heterocycles. The molecule has 0 radical (unpaired) electrons. The van der Waals surface area contributed by atoms with Gasteiger partial charge in [-0.25, -0.2) is 0 Å². The first-order chi connectivity index (χ1) is 10.0. The second kappa shape index (κ2) is 7.64. The third-order valence-corrected chi connectivity index (χ3v) is 3.29. The maximum absolute atomic E-state index is 12.0. The molecule has 0 spiro atoms. The molecule has 1 heterocycles. The highest BCUT2D eigenvalue weighted by molar-refractivity contribution is 6.32. The number of anilines is 1. The van der Waals surface area contributed by atoms with E-state index in [-0.39, 0.29) is 18.1 Å². The molecule has 1 amide bonds. The molecule has 0 saturated carbocycles. The van der Waals surface area contributed by atoms with Crippen LogP contribution in [0.25, 0.3) is 0 Å². The smallest absolute Gasteiger partial charge is 0.227 e. The van der Waals surface area contributed by atoms with Crippen LogP contribution in [-0.4, -0.2) is 37.8 Å². The number of carbonyl (C=O) groups excluding carboxylic acids is 1. The van der Waals surface area contributed by atoms with Crippen LogP contribution in [0.3, 0.4) is 0 Å². The SMILES string of the molecule is CC(C)Oc1ccc(NC(=O)C[C@H]2CNCCO2)cc1Cl. The summed E-state index contributed by atoms with van der Waals surface area (Å²) in [5.41, 5.74) is 0.657. The quantitative estimate of drug-likeness (QED) is 0.877. The summed E-state index contributed by atoms with van der Waals surface area (Å²) in [5, 5.41) is 6.50. The molecule has 1 aromatic rings. The van der Waals surface area contributed by atoms with Gasteiger partial charge in [0.05, 0.1) is 30.3 Å². The zero-order valence-electron chi connectivity index (χ0n) is 12.3. The zero-order chi connectivity index (χ0) is 15.2. The Kier molecular flexibility index (Phi) is 5.85. The predicted octanol–water partition coefficient (Wildman–Crippen LogP) is 2.44. The van der Waals surface area contributed by atoms with E-state index in [1.165, 1.54) is 0 Å². The summed E-state index contributed by atoms with van der Waals surface area (Å²) in [4.78, 5) is 12.0. The van der Waals surface area contributed by atoms with Crippen molar-refractivity contribution in [2.75, 3.05) is 25.0 Å². The van der Waals surface area contributed by atoms with Crippen LogP contribution in [0.1, 0.15) is 20.3 Å². The van der Waals surface area contributed by atoms with Crippen molar-refractivity contribution >= 4 is 23.2 Å². The Morgan fingerprint density at radius 2 is 2.38 bits per heavy atom. The van der Waals surface area contributed by atoms with Crippen molar-refractivity contribution < 1.29 is 14.3 Å². The Labute approximate surface area is 130 Å². The van der Waals surface area contributed by atoms with Crippen LogP contribution < -0.4 is 15.4 Å². The maximum Gasteiger partial charge on any atom is 0.227 e. The van der Waals surface area contributed by atoms with Gasteiger partial charge in [0.2, 0.25) is 5.91 Å². The Hall–Kier alpha value is -1.30. The van der Waals surface area contributed by atoms with Crippen LogP contribution >= 0.6 is 11.6 Å². The van der Waals surface area contributed by atoms with Gasteiger partial charge in [0, 0.05) is 18.8 Å². The van der Waals surface area contributed by atoms with Crippen LogP contribution in [0.15, 0.2) is 18.2 Å². The molecular weight excluding hydrogens is 292 g/mol. The summed E-state index contributed by atoms with van der Waals surface area (Å²) in [6, 6.07) is 5.23. The monoisotopic (exact) mass is 312 g/mol. The average molecular weight is 313 g/mol. The van der Waals surface area contributed by atoms with E-state index in [0.717, 1.165) is 6.54 Å². The van der Waals surface area contributed by atoms with E-state index >= 15 is 0 Å². The molecule has 0 bridgehead atoms. The molecule has 2 N–H and O–H groups in total. The number of halogens is 1. The first-order valence-corrected chi connectivity index (χ1v) is 7.51. The number of hydrogen-bond donors (Lipinski definition) is 2. The van der Waals surface area contributed by atoms with Crippen LogP contribution in [0.2, 0.25) is 5.02 Å². The van der Waals surface area contributed by atoms with Crippen molar-refractivity contribution in [2.45, 2.75) is 32.5 Å². The Morgan fingerprint density at radius 3 is 3.00 bits per heavy atom. The van der Waals surface area contributed by atoms with Gasteiger partial charge in [-0.1, -0.05) is 11.6 Å². The van der Waals surface area contributed by atoms with Gasteiger partial charge in [-0.05, 0) is 32.0 Å². The van der Waals surface area contributed by atoms with E-state index < -0.39 is 0 Å². The van der Waals surface area contributed by atoms with E-state index in [2.05, 4.69) is 10.6 Å². The number of carbonyl (C=O) groups is 1. The third kappa shape index (κ3) is 5.19. The number of hydrogen-bond acceptors (Lipinski definition) is 4. The Bertz CT molecular complexity index is 488. The predicted molar refractivity (Wildman–Crippen MR) is 83.1 cm³/mol. The molecule has 0 unspecified atom stereocenters. The van der Waals surface area contributed by atoms with Gasteiger partial charge in [-0.2, -0.15) is 0 Å². The number of nitrogens with one attached hydrogen (secondary N) is 2. The number of morpholine rings is 1. The van der Waals surface area contributed by atoms with E-state index in [1.807, 2.05) is 13.8 Å². The molecule has 0 aliphatic carbocycles. The average Bonchev–Trinajstić information content (AvgIpc) is 2.42. The van der Waals surface area contributed by atoms with Crippen molar-refractivity contribution in [3.63, 3.8) is 0 Å². The lowest BCUT2D eigenvalue weighted by Gasteiger charge is -2.23. The molecule has 1 aromatic carbocycles. The largest absolute Gasteiger partial charge is 0.489 e. The lowest BCUT2D eigenvalue weighted by atomic mass is 10.2. The van der Waals surface area contributed by atoms with Gasteiger partial charge < -0.3 is 20.1 Å². The first-order valence-electron chi connectivity index (χ1n) is 7.13. The molecule has 1 aliphatic heterocycles. The van der Waals surface area contributed by atoms with E-state index in [4.69, 9.17) is 21.1 Å². The fourth-order valence-electron chi connectivity index (χ4n) is 2.10. The molecule has 2 rings (SSSR count). The van der Waals surface area contributed by atoms with Crippen molar-refractivity contribution in [1.82, 2.24) is 5.32 Å². The van der Waals surface area contributed by atoms with Crippen LogP contribution in [0.5, 0.6) is 5.75 Å². The lowest BCUT2D eigenvalue weighted by Crippen LogP contribution is -2.40. The van der Waals surface area contributed by atoms with Crippen LogP contribution in [0, 0.1) is 0 Å². The zero-order valence-corrected chi connectivity index (χ0v) is 13.1. The molecule has 1 fully saturated rings. The van der Waals surface area contributed by atoms with Crippen LogP contribution in [-0.2, 0) is 9.53 Å². The summed E-state index contributed by atoms with van der Waals surface area (Å²) in [7, 11) is 0. The highest BCUT2D eigenvalue weighted by Crippen LogP contribution is 2.28. The molecule has 1 atom stereocenters. The summed E-state index contributed by atoms with van der Waals surface area (Å²) in [6.45, 7) is 6.06. The molecule has 116 valence electrons. The van der Waals surface area contributed by atoms with E-state index in [9.17, 15) is 4.79 Å². The topological polar surface area (TPSA) is 59.6 Å². The highest BCUT2D eigenvalue weighted by atomic mass is 35.5. The van der Waals surface area contributed by atoms with Crippen molar-refractivity contribution in [2.24, 2.45) is 0 Å². The molecule has 21 heavy (non-hydrogen) atoms. The number of benzene rings is 1. The molecule has 1 saturated heterocycles. The Morgan fingerprint density at radius 1 is 1.57 bits per heavy atom. The van der Waals surface area contributed by atoms with Gasteiger partial charge in [0.15, 0.2) is 0 Å². The van der Waals surface area contributed by atoms with Gasteiger partial charge >= 0.3 is 0 Å². The second-order valence-corrected chi connectivity index (χ2v) is 5.67. The van der Waals surface area contributed by atoms with Crippen molar-refractivity contribution in [3.05, 3.63) is 23.2 Å². The van der Waals surface area contributed by atoms with Crippen molar-refractivity contribution in [3.8, 4) is 5.75 Å². The fraction of sp³-hybridized carbons (Fsp3) is 0.533. The minimum atomic E-state index is -0.0858. The lowest BCUT2D eigenvalue weighted by molar-refractivity contribution is -0.119. The fourth-order valence-corrected chi connectivity index (χ4v) is 2.32. The highest BCUT2D eigenvalue weighted by Gasteiger charge is 2.17. The van der Waals surface area contributed by atoms with E-state index in [0.29, 0.717) is 36.0 Å². The van der Waals surface area contributed by atoms with Gasteiger partial charge in [-0.3, -0.25) is 4.79 Å². The van der Waals surface area contributed by atoms with Gasteiger partial charge in [0.25, 0.3) is 0 Å². The minimum Gasteiger partial charge on any atom is -0.489 e. The minimum absolute atomic E-state index is 0.0545. The first kappa shape index (κ1) is 16.1.